The average Bonchev–Trinajstić information content (AvgIpc) is 3.76. The van der Waals surface area contributed by atoms with E-state index in [2.05, 4.69) is 222 Å². The molecule has 0 N–H and O–H groups in total. The maximum absolute atomic E-state index is 6.80. The number of aromatic nitrogens is 2. The minimum absolute atomic E-state index is 0.00306. The number of para-hydroxylation sites is 2. The molecule has 0 bridgehead atoms. The molecule has 0 unspecified atom stereocenters. The lowest BCUT2D eigenvalue weighted by Crippen LogP contribution is -2.26. The summed E-state index contributed by atoms with van der Waals surface area (Å²) in [5.74, 6) is 2.46. The van der Waals surface area contributed by atoms with Crippen LogP contribution in [0, 0.1) is 0 Å². The number of benzene rings is 6. The third-order valence-corrected chi connectivity index (χ3v) is 11.8. The highest BCUT2D eigenvalue weighted by Gasteiger charge is 2.35. The van der Waals surface area contributed by atoms with Crippen LogP contribution < -0.4 is 14.5 Å². The Labute approximate surface area is 349 Å². The average molecular weight is 775 g/mol. The Hall–Kier alpha value is -6.33. The molecule has 0 saturated carbocycles. The molecule has 3 heterocycles. The Bertz CT molecular complexity index is 2850. The Morgan fingerprint density at radius 2 is 1.20 bits per heavy atom. The van der Waals surface area contributed by atoms with Gasteiger partial charge in [-0.1, -0.05) is 141 Å². The lowest BCUT2D eigenvalue weighted by molar-refractivity contribution is 0.483. The Morgan fingerprint density at radius 3 is 1.97 bits per heavy atom. The summed E-state index contributed by atoms with van der Waals surface area (Å²) in [6, 6.07) is 52.5. The second-order valence-corrected chi connectivity index (χ2v) is 19.1. The molecule has 1 aliphatic heterocycles. The maximum atomic E-state index is 6.80. The molecule has 0 spiro atoms. The van der Waals surface area contributed by atoms with Gasteiger partial charge in [-0.25, -0.2) is 4.98 Å². The van der Waals surface area contributed by atoms with Crippen molar-refractivity contribution in [3.05, 3.63) is 168 Å². The summed E-state index contributed by atoms with van der Waals surface area (Å²) in [5, 5.41) is 2.35. The minimum atomic E-state index is -0.0850. The van der Waals surface area contributed by atoms with E-state index in [9.17, 15) is 0 Å². The molecular weight excluding hydrogens is 721 g/mol. The van der Waals surface area contributed by atoms with Crippen molar-refractivity contribution in [2.24, 2.45) is 0 Å². The standard InChI is InChI=1S/C54H54N4O/c1-52(2,3)37-25-27-42(36-17-11-10-12-18-36)48(31-37)57-35-56(51-45(54(7,8)9)22-16-24-47(51)57)39-19-15-20-40(33-39)59-41-26-28-44-43-21-13-14-23-46(43)58(49(44)34-41)50-32-38(29-30-55-50)53(4,5)6/h10-34H,35H2,1-9H3. The third-order valence-electron chi connectivity index (χ3n) is 11.8. The molecule has 5 heteroatoms. The molecule has 9 rings (SSSR count). The molecular formula is C54H54N4O. The highest BCUT2D eigenvalue weighted by molar-refractivity contribution is 6.09. The lowest BCUT2D eigenvalue weighted by Gasteiger charge is -2.28. The predicted octanol–water partition coefficient (Wildman–Crippen LogP) is 14.8. The van der Waals surface area contributed by atoms with E-state index in [4.69, 9.17) is 9.72 Å². The van der Waals surface area contributed by atoms with Gasteiger partial charge in [-0.15, -0.1) is 0 Å². The normalized spacial score (nSPS) is 13.4. The number of nitrogens with zero attached hydrogens (tertiary/aromatic N) is 4. The zero-order valence-corrected chi connectivity index (χ0v) is 35.8. The van der Waals surface area contributed by atoms with Gasteiger partial charge in [-0.2, -0.15) is 0 Å². The number of pyridine rings is 1. The van der Waals surface area contributed by atoms with Gasteiger partial charge in [0, 0.05) is 40.4 Å². The van der Waals surface area contributed by atoms with Gasteiger partial charge in [0.2, 0.25) is 0 Å². The van der Waals surface area contributed by atoms with Crippen molar-refractivity contribution >= 4 is 44.6 Å². The van der Waals surface area contributed by atoms with E-state index < -0.39 is 0 Å². The van der Waals surface area contributed by atoms with Gasteiger partial charge in [0.1, 0.15) is 24.0 Å². The van der Waals surface area contributed by atoms with E-state index in [1.54, 1.807) is 0 Å². The molecule has 8 aromatic rings. The fraction of sp³-hybridized carbons (Fsp3) is 0.241. The summed E-state index contributed by atoms with van der Waals surface area (Å²) in [4.78, 5) is 9.86. The number of rotatable bonds is 6. The largest absolute Gasteiger partial charge is 0.457 e. The molecule has 6 aromatic carbocycles. The monoisotopic (exact) mass is 774 g/mol. The summed E-state index contributed by atoms with van der Waals surface area (Å²) in [5.41, 5.74) is 13.1. The van der Waals surface area contributed by atoms with E-state index in [0.717, 1.165) is 34.0 Å². The molecule has 1 aliphatic rings. The van der Waals surface area contributed by atoms with Gasteiger partial charge in [0.05, 0.1) is 28.1 Å². The third kappa shape index (κ3) is 7.03. The summed E-state index contributed by atoms with van der Waals surface area (Å²) in [7, 11) is 0. The van der Waals surface area contributed by atoms with Gasteiger partial charge in [-0.3, -0.25) is 4.57 Å². The molecule has 5 nitrogen and oxygen atoms in total. The zero-order chi connectivity index (χ0) is 41.3. The molecule has 0 aliphatic carbocycles. The minimum Gasteiger partial charge on any atom is -0.457 e. The highest BCUT2D eigenvalue weighted by atomic mass is 16.5. The van der Waals surface area contributed by atoms with Gasteiger partial charge in [0.25, 0.3) is 0 Å². The second-order valence-electron chi connectivity index (χ2n) is 19.1. The van der Waals surface area contributed by atoms with Crippen LogP contribution in [-0.2, 0) is 16.2 Å². The second kappa shape index (κ2) is 14.2. The van der Waals surface area contributed by atoms with Crippen LogP contribution in [0.3, 0.4) is 0 Å². The van der Waals surface area contributed by atoms with Gasteiger partial charge >= 0.3 is 0 Å². The summed E-state index contributed by atoms with van der Waals surface area (Å²) in [6.07, 6.45) is 1.93. The Balaban J connectivity index is 1.13. The van der Waals surface area contributed by atoms with Crippen LogP contribution in [0.4, 0.5) is 22.7 Å². The number of anilines is 4. The Morgan fingerprint density at radius 1 is 0.508 bits per heavy atom. The zero-order valence-electron chi connectivity index (χ0n) is 35.8. The fourth-order valence-electron chi connectivity index (χ4n) is 8.55. The van der Waals surface area contributed by atoms with Crippen molar-refractivity contribution < 1.29 is 4.74 Å². The number of ether oxygens (including phenoxy) is 1. The van der Waals surface area contributed by atoms with Crippen molar-refractivity contribution in [2.75, 3.05) is 16.5 Å². The SMILES string of the molecule is CC(C)(C)c1ccnc(-n2c3ccccc3c3ccc(Oc4cccc(N5CN(c6cc(C(C)(C)C)ccc6-c6ccccc6)c6cccc(C(C)(C)C)c65)c4)cc32)c1. The van der Waals surface area contributed by atoms with Crippen LogP contribution in [-0.4, -0.2) is 16.2 Å². The maximum Gasteiger partial charge on any atom is 0.137 e. The molecule has 59 heavy (non-hydrogen) atoms. The summed E-state index contributed by atoms with van der Waals surface area (Å²) >= 11 is 0. The van der Waals surface area contributed by atoms with Gasteiger partial charge in [0.15, 0.2) is 0 Å². The van der Waals surface area contributed by atoms with Crippen LogP contribution in [0.2, 0.25) is 0 Å². The van der Waals surface area contributed by atoms with Crippen molar-refractivity contribution in [1.29, 1.82) is 0 Å². The first-order valence-corrected chi connectivity index (χ1v) is 20.8. The number of hydrogen-bond donors (Lipinski definition) is 0. The number of fused-ring (bicyclic) bond motifs is 4. The first-order chi connectivity index (χ1) is 28.1. The van der Waals surface area contributed by atoms with Gasteiger partial charge in [-0.05, 0) is 93.1 Å². The van der Waals surface area contributed by atoms with Crippen LogP contribution in [0.1, 0.15) is 79.0 Å². The van der Waals surface area contributed by atoms with Gasteiger partial charge < -0.3 is 14.5 Å². The molecule has 0 atom stereocenters. The van der Waals surface area contributed by atoms with Crippen LogP contribution in [0.15, 0.2) is 152 Å². The lowest BCUT2D eigenvalue weighted by atomic mass is 9.84. The highest BCUT2D eigenvalue weighted by Crippen LogP contribution is 2.51. The molecule has 0 radical (unpaired) electrons. The van der Waals surface area contributed by atoms with E-state index in [1.165, 1.54) is 55.7 Å². The quantitative estimate of drug-likeness (QED) is 0.168. The van der Waals surface area contributed by atoms with Crippen molar-refractivity contribution in [3.8, 4) is 28.4 Å². The first-order valence-electron chi connectivity index (χ1n) is 20.8. The molecule has 0 fully saturated rings. The topological polar surface area (TPSA) is 33.5 Å². The van der Waals surface area contributed by atoms with E-state index in [1.807, 2.05) is 6.20 Å². The first kappa shape index (κ1) is 38.2. The summed E-state index contributed by atoms with van der Waals surface area (Å²) < 4.78 is 9.07. The van der Waals surface area contributed by atoms with Crippen molar-refractivity contribution in [3.63, 3.8) is 0 Å². The van der Waals surface area contributed by atoms with Crippen LogP contribution >= 0.6 is 0 Å². The number of hydrogen-bond acceptors (Lipinski definition) is 4. The molecule has 0 amide bonds. The Kier molecular flexibility index (Phi) is 9.19. The summed E-state index contributed by atoms with van der Waals surface area (Å²) in [6.45, 7) is 21.2. The van der Waals surface area contributed by atoms with E-state index >= 15 is 0 Å². The van der Waals surface area contributed by atoms with Crippen molar-refractivity contribution in [2.45, 2.75) is 78.6 Å². The smallest absolute Gasteiger partial charge is 0.137 e. The molecule has 0 saturated heterocycles. The predicted molar refractivity (Wildman–Crippen MR) is 249 cm³/mol. The fourth-order valence-corrected chi connectivity index (χ4v) is 8.55. The van der Waals surface area contributed by atoms with E-state index in [-0.39, 0.29) is 16.2 Å². The molecule has 296 valence electrons. The van der Waals surface area contributed by atoms with Crippen LogP contribution in [0.5, 0.6) is 11.5 Å². The van der Waals surface area contributed by atoms with E-state index in [0.29, 0.717) is 6.67 Å². The van der Waals surface area contributed by atoms with Crippen molar-refractivity contribution in [1.82, 2.24) is 9.55 Å². The van der Waals surface area contributed by atoms with Crippen LogP contribution in [0.25, 0.3) is 38.8 Å². The molecule has 2 aromatic heterocycles.